The van der Waals surface area contributed by atoms with Crippen molar-refractivity contribution in [3.8, 4) is 28.6 Å². The van der Waals surface area contributed by atoms with E-state index in [0.717, 1.165) is 66.9 Å². The molecular weight excluding hydrogens is 615 g/mol. The van der Waals surface area contributed by atoms with Gasteiger partial charge in [0.1, 0.15) is 23.0 Å². The van der Waals surface area contributed by atoms with E-state index in [0.29, 0.717) is 0 Å². The number of hydrogen-bond acceptors (Lipinski definition) is 4. The number of benzene rings is 4. The van der Waals surface area contributed by atoms with Gasteiger partial charge in [0.2, 0.25) is 0 Å². The molecule has 9 rings (SSSR count). The molecule has 0 aliphatic carbocycles. The normalized spacial score (nSPS) is 12.2. The summed E-state index contributed by atoms with van der Waals surface area (Å²) < 4.78 is 11.1. The highest BCUT2D eigenvalue weighted by Crippen LogP contribution is 2.38. The highest BCUT2D eigenvalue weighted by Gasteiger charge is 2.20. The SMILES string of the molecule is Cc1cc(C)c(-c2cn3c4cccnc4c4ccc(Oc5ccc6c7ccccc7n(-c7cc(C(C)(C)C)ccn7)c6c5)cc4c3n2)c(C)c1. The Morgan fingerprint density at radius 2 is 1.34 bits per heavy atom. The van der Waals surface area contributed by atoms with Gasteiger partial charge in [-0.05, 0) is 104 Å². The van der Waals surface area contributed by atoms with Crippen LogP contribution in [0.15, 0.2) is 116 Å². The van der Waals surface area contributed by atoms with Gasteiger partial charge < -0.3 is 4.74 Å². The van der Waals surface area contributed by atoms with Gasteiger partial charge in [-0.15, -0.1) is 0 Å². The minimum Gasteiger partial charge on any atom is -0.457 e. The monoisotopic (exact) mass is 651 g/mol. The minimum atomic E-state index is 0.000474. The van der Waals surface area contributed by atoms with Crippen LogP contribution < -0.4 is 4.74 Å². The molecule has 0 bridgehead atoms. The smallest absolute Gasteiger partial charge is 0.146 e. The summed E-state index contributed by atoms with van der Waals surface area (Å²) in [6.07, 6.45) is 5.91. The third kappa shape index (κ3) is 4.74. The first kappa shape index (κ1) is 30.1. The maximum absolute atomic E-state index is 6.67. The summed E-state index contributed by atoms with van der Waals surface area (Å²) in [6.45, 7) is 13.2. The zero-order chi connectivity index (χ0) is 34.3. The van der Waals surface area contributed by atoms with Crippen molar-refractivity contribution in [1.82, 2.24) is 23.9 Å². The molecule has 0 aliphatic heterocycles. The number of nitrogens with zero attached hydrogens (tertiary/aromatic N) is 5. The Morgan fingerprint density at radius 1 is 0.620 bits per heavy atom. The average molecular weight is 652 g/mol. The van der Waals surface area contributed by atoms with Crippen molar-refractivity contribution >= 4 is 49.3 Å². The second kappa shape index (κ2) is 11.0. The molecule has 50 heavy (non-hydrogen) atoms. The van der Waals surface area contributed by atoms with Crippen LogP contribution in [0.1, 0.15) is 43.0 Å². The second-order valence-corrected chi connectivity index (χ2v) is 14.5. The predicted octanol–water partition coefficient (Wildman–Crippen LogP) is 11.2. The van der Waals surface area contributed by atoms with Gasteiger partial charge >= 0.3 is 0 Å². The third-order valence-corrected chi connectivity index (χ3v) is 9.89. The third-order valence-electron chi connectivity index (χ3n) is 9.89. The molecule has 244 valence electrons. The summed E-state index contributed by atoms with van der Waals surface area (Å²) in [7, 11) is 0. The van der Waals surface area contributed by atoms with Crippen LogP contribution in [-0.4, -0.2) is 23.9 Å². The Hall–Kier alpha value is -6.01. The molecule has 0 amide bonds. The summed E-state index contributed by atoms with van der Waals surface area (Å²) in [6, 6.07) is 33.9. The van der Waals surface area contributed by atoms with E-state index in [-0.39, 0.29) is 5.41 Å². The number of pyridine rings is 3. The molecule has 0 fully saturated rings. The maximum atomic E-state index is 6.67. The van der Waals surface area contributed by atoms with Crippen molar-refractivity contribution < 1.29 is 4.74 Å². The molecule has 6 nitrogen and oxygen atoms in total. The molecule has 6 heteroatoms. The Bertz CT molecular complexity index is 2790. The van der Waals surface area contributed by atoms with Gasteiger partial charge in [0, 0.05) is 51.8 Å². The van der Waals surface area contributed by atoms with Crippen LogP contribution in [-0.2, 0) is 5.41 Å². The number of aryl methyl sites for hydroxylation is 3. The Balaban J connectivity index is 1.20. The van der Waals surface area contributed by atoms with Crippen LogP contribution in [0.25, 0.3) is 66.3 Å². The Kier molecular flexibility index (Phi) is 6.62. The lowest BCUT2D eigenvalue weighted by Crippen LogP contribution is -2.12. The lowest BCUT2D eigenvalue weighted by Gasteiger charge is -2.20. The molecule has 0 aliphatic rings. The van der Waals surface area contributed by atoms with Gasteiger partial charge in [-0.1, -0.05) is 56.7 Å². The van der Waals surface area contributed by atoms with Gasteiger partial charge in [0.05, 0.1) is 27.8 Å². The highest BCUT2D eigenvalue weighted by molar-refractivity contribution is 6.11. The Labute approximate surface area is 290 Å². The number of ether oxygens (including phenoxy) is 1. The molecule has 0 unspecified atom stereocenters. The molecule has 5 heterocycles. The second-order valence-electron chi connectivity index (χ2n) is 14.5. The summed E-state index contributed by atoms with van der Waals surface area (Å²) in [5.74, 6) is 2.37. The van der Waals surface area contributed by atoms with E-state index in [4.69, 9.17) is 19.7 Å². The predicted molar refractivity (Wildman–Crippen MR) is 205 cm³/mol. The van der Waals surface area contributed by atoms with E-state index in [9.17, 15) is 0 Å². The molecule has 0 atom stereocenters. The first-order chi connectivity index (χ1) is 24.1. The van der Waals surface area contributed by atoms with Crippen molar-refractivity contribution in [2.24, 2.45) is 0 Å². The van der Waals surface area contributed by atoms with Crippen LogP contribution in [0.5, 0.6) is 11.5 Å². The van der Waals surface area contributed by atoms with Crippen LogP contribution in [0.3, 0.4) is 0 Å². The van der Waals surface area contributed by atoms with Gasteiger partial charge in [-0.3, -0.25) is 14.0 Å². The summed E-state index contributed by atoms with van der Waals surface area (Å²) >= 11 is 0. The van der Waals surface area contributed by atoms with Crippen LogP contribution in [0.2, 0.25) is 0 Å². The van der Waals surface area contributed by atoms with E-state index in [1.54, 1.807) is 0 Å². The van der Waals surface area contributed by atoms with Crippen molar-refractivity contribution in [3.63, 3.8) is 0 Å². The topological polar surface area (TPSA) is 57.2 Å². The van der Waals surface area contributed by atoms with Crippen LogP contribution in [0.4, 0.5) is 0 Å². The number of imidazole rings is 1. The number of rotatable bonds is 4. The average Bonchev–Trinajstić information content (AvgIpc) is 3.67. The van der Waals surface area contributed by atoms with Gasteiger partial charge in [0.15, 0.2) is 0 Å². The van der Waals surface area contributed by atoms with Crippen molar-refractivity contribution in [1.29, 1.82) is 0 Å². The van der Waals surface area contributed by atoms with Crippen molar-refractivity contribution in [2.45, 2.75) is 47.0 Å². The zero-order valence-electron chi connectivity index (χ0n) is 29.1. The largest absolute Gasteiger partial charge is 0.457 e. The molecule has 0 spiro atoms. The van der Waals surface area contributed by atoms with Crippen molar-refractivity contribution in [3.05, 3.63) is 138 Å². The quantitative estimate of drug-likeness (QED) is 0.178. The number of hydrogen-bond donors (Lipinski definition) is 0. The van der Waals surface area contributed by atoms with Crippen LogP contribution in [0, 0.1) is 20.8 Å². The molecule has 9 aromatic rings. The fourth-order valence-electron chi connectivity index (χ4n) is 7.64. The van der Waals surface area contributed by atoms with Gasteiger partial charge in [-0.25, -0.2) is 9.97 Å². The first-order valence-corrected chi connectivity index (χ1v) is 17.1. The zero-order valence-corrected chi connectivity index (χ0v) is 29.1. The molecule has 4 aromatic carbocycles. The molecular formula is C44H37N5O. The minimum absolute atomic E-state index is 0.000474. The molecule has 5 aromatic heterocycles. The molecule has 0 N–H and O–H groups in total. The van der Waals surface area contributed by atoms with E-state index >= 15 is 0 Å². The van der Waals surface area contributed by atoms with E-state index < -0.39 is 0 Å². The van der Waals surface area contributed by atoms with Gasteiger partial charge in [0.25, 0.3) is 0 Å². The molecule has 0 radical (unpaired) electrons. The lowest BCUT2D eigenvalue weighted by molar-refractivity contribution is 0.484. The maximum Gasteiger partial charge on any atom is 0.146 e. The number of aromatic nitrogens is 5. The van der Waals surface area contributed by atoms with Crippen LogP contribution >= 0.6 is 0 Å². The first-order valence-electron chi connectivity index (χ1n) is 17.1. The fourth-order valence-corrected chi connectivity index (χ4v) is 7.64. The highest BCUT2D eigenvalue weighted by atomic mass is 16.5. The van der Waals surface area contributed by atoms with E-state index in [1.807, 2.05) is 24.5 Å². The fraction of sp³-hybridized carbons (Fsp3) is 0.159. The number of para-hydroxylation sites is 1. The summed E-state index contributed by atoms with van der Waals surface area (Å²) in [5.41, 5.74) is 12.0. The van der Waals surface area contributed by atoms with Gasteiger partial charge in [-0.2, -0.15) is 0 Å². The molecule has 0 saturated carbocycles. The lowest BCUT2D eigenvalue weighted by atomic mass is 9.88. The van der Waals surface area contributed by atoms with E-state index in [1.165, 1.54) is 33.2 Å². The van der Waals surface area contributed by atoms with E-state index in [2.05, 4.69) is 142 Å². The summed E-state index contributed by atoms with van der Waals surface area (Å²) in [4.78, 5) is 14.9. The van der Waals surface area contributed by atoms with Crippen molar-refractivity contribution in [2.75, 3.05) is 0 Å². The summed E-state index contributed by atoms with van der Waals surface area (Å²) in [5, 5.41) is 4.36. The number of fused-ring (bicyclic) bond motifs is 9. The molecule has 0 saturated heterocycles. The standard InChI is InChI=1S/C44H37N5O/c1-26-20-27(2)41(28(3)21-26)36-25-48-38-12-9-18-46-42(38)34-16-14-30(23-35(34)43(48)47-36)50-31-13-15-33-32-10-7-8-11-37(32)49(39(33)24-31)40-22-29(17-19-45-40)44(4,5)6/h7-25H,1-6H3. The Morgan fingerprint density at radius 3 is 2.14 bits per heavy atom.